The van der Waals surface area contributed by atoms with Crippen molar-refractivity contribution in [1.82, 2.24) is 16.0 Å². The molecule has 0 aromatic carbocycles. The van der Waals surface area contributed by atoms with Crippen LogP contribution in [-0.4, -0.2) is 42.6 Å². The van der Waals surface area contributed by atoms with Crippen LogP contribution in [0.25, 0.3) is 0 Å². The normalized spacial score (nSPS) is 19.0. The Kier molecular flexibility index (Phi) is 5.27. The number of hydrogen-bond acceptors (Lipinski definition) is 4. The van der Waals surface area contributed by atoms with Crippen molar-refractivity contribution >= 4 is 23.7 Å². The molecule has 0 saturated heterocycles. The predicted molar refractivity (Wildman–Crippen MR) is 70.2 cm³/mol. The van der Waals surface area contributed by atoms with Gasteiger partial charge < -0.3 is 10.6 Å². The Balaban J connectivity index is 2.31. The van der Waals surface area contributed by atoms with Gasteiger partial charge in [0.15, 0.2) is 0 Å². The summed E-state index contributed by atoms with van der Waals surface area (Å²) < 4.78 is 0.293. The molecular weight excluding hydrogens is 238 g/mol. The zero-order valence-corrected chi connectivity index (χ0v) is 11.4. The Morgan fingerprint density at radius 2 is 2.06 bits per heavy atom. The van der Waals surface area contributed by atoms with Crippen molar-refractivity contribution in [2.75, 3.05) is 19.8 Å². The van der Waals surface area contributed by atoms with Crippen LogP contribution in [0.2, 0.25) is 0 Å². The monoisotopic (exact) mass is 259 g/mol. The Morgan fingerprint density at radius 1 is 1.41 bits per heavy atom. The molecule has 98 valence electrons. The number of nitrogens with one attached hydrogen (secondary N) is 3. The third kappa shape index (κ3) is 3.89. The summed E-state index contributed by atoms with van der Waals surface area (Å²) >= 11 is 1.86. The minimum absolute atomic E-state index is 0.292. The maximum Gasteiger partial charge on any atom is 0.321 e. The molecule has 0 radical (unpaired) electrons. The molecule has 1 rings (SSSR count). The molecule has 1 saturated carbocycles. The third-order valence-corrected chi connectivity index (χ3v) is 4.70. The number of urea groups is 1. The highest BCUT2D eigenvalue weighted by Gasteiger charge is 2.36. The van der Waals surface area contributed by atoms with E-state index in [1.165, 1.54) is 26.3 Å². The van der Waals surface area contributed by atoms with E-state index in [0.29, 0.717) is 4.75 Å². The van der Waals surface area contributed by atoms with Gasteiger partial charge in [-0.3, -0.25) is 10.1 Å². The molecule has 5 nitrogen and oxygen atoms in total. The second kappa shape index (κ2) is 6.26. The van der Waals surface area contributed by atoms with Gasteiger partial charge in [0, 0.05) is 18.3 Å². The van der Waals surface area contributed by atoms with Gasteiger partial charge in [-0.15, -0.1) is 0 Å². The molecule has 1 unspecified atom stereocenters. The first-order chi connectivity index (χ1) is 8.03. The van der Waals surface area contributed by atoms with Crippen molar-refractivity contribution in [2.45, 2.75) is 37.0 Å². The van der Waals surface area contributed by atoms with Crippen molar-refractivity contribution in [1.29, 1.82) is 0 Å². The molecule has 1 aliphatic rings. The summed E-state index contributed by atoms with van der Waals surface area (Å²) in [5.41, 5.74) is 0. The summed E-state index contributed by atoms with van der Waals surface area (Å²) in [5.74, 6) is -0.292. The van der Waals surface area contributed by atoms with Gasteiger partial charge in [0.1, 0.15) is 0 Å². The first kappa shape index (κ1) is 14.3. The Hall–Kier alpha value is -0.750. The SMILES string of the molecule is CNC(=O)NC(=O)C(C)NCC1(SC)CCC1. The van der Waals surface area contributed by atoms with Gasteiger partial charge >= 0.3 is 6.03 Å². The van der Waals surface area contributed by atoms with E-state index in [4.69, 9.17) is 0 Å². The summed E-state index contributed by atoms with van der Waals surface area (Å²) in [6.45, 7) is 2.58. The van der Waals surface area contributed by atoms with Crippen molar-refractivity contribution in [3.05, 3.63) is 0 Å². The van der Waals surface area contributed by atoms with Crippen LogP contribution in [0.3, 0.4) is 0 Å². The lowest BCUT2D eigenvalue weighted by molar-refractivity contribution is -0.121. The molecule has 1 aliphatic carbocycles. The molecule has 6 heteroatoms. The molecule has 0 heterocycles. The number of carbonyl (C=O) groups is 2. The summed E-state index contributed by atoms with van der Waals surface area (Å²) in [7, 11) is 1.48. The van der Waals surface area contributed by atoms with Gasteiger partial charge in [0.2, 0.25) is 5.91 Å². The van der Waals surface area contributed by atoms with E-state index in [1.54, 1.807) is 6.92 Å². The standard InChI is InChI=1S/C11H21N3O2S/c1-8(9(15)14-10(16)12-2)13-7-11(17-3)5-4-6-11/h8,13H,4-7H2,1-3H3,(H2,12,14,15,16). The summed E-state index contributed by atoms with van der Waals surface area (Å²) in [4.78, 5) is 22.6. The predicted octanol–water partition coefficient (Wildman–Crippen LogP) is 0.706. The summed E-state index contributed by atoms with van der Waals surface area (Å²) in [6.07, 6.45) is 5.77. The molecule has 1 fully saturated rings. The lowest BCUT2D eigenvalue weighted by atomic mass is 9.84. The van der Waals surface area contributed by atoms with Gasteiger partial charge in [0.25, 0.3) is 0 Å². The van der Waals surface area contributed by atoms with Crippen molar-refractivity contribution in [3.8, 4) is 0 Å². The van der Waals surface area contributed by atoms with E-state index in [9.17, 15) is 9.59 Å². The number of thioether (sulfide) groups is 1. The van der Waals surface area contributed by atoms with Crippen LogP contribution in [0.15, 0.2) is 0 Å². The van der Waals surface area contributed by atoms with E-state index in [0.717, 1.165) is 6.54 Å². The first-order valence-corrected chi connectivity index (χ1v) is 7.06. The summed E-state index contributed by atoms with van der Waals surface area (Å²) in [6, 6.07) is -0.816. The van der Waals surface area contributed by atoms with Gasteiger partial charge in [-0.2, -0.15) is 11.8 Å². The lowest BCUT2D eigenvalue weighted by Crippen LogP contribution is -2.52. The Morgan fingerprint density at radius 3 is 2.47 bits per heavy atom. The van der Waals surface area contributed by atoms with Crippen molar-refractivity contribution < 1.29 is 9.59 Å². The second-order valence-corrected chi connectivity index (χ2v) is 5.69. The number of imide groups is 1. The average molecular weight is 259 g/mol. The lowest BCUT2D eigenvalue weighted by Gasteiger charge is -2.41. The van der Waals surface area contributed by atoms with E-state index in [-0.39, 0.29) is 11.9 Å². The number of hydrogen-bond donors (Lipinski definition) is 3. The van der Waals surface area contributed by atoms with Crippen molar-refractivity contribution in [3.63, 3.8) is 0 Å². The van der Waals surface area contributed by atoms with Crippen LogP contribution in [0.4, 0.5) is 4.79 Å². The zero-order chi connectivity index (χ0) is 12.9. The average Bonchev–Trinajstić information content (AvgIpc) is 2.27. The fraction of sp³-hybridized carbons (Fsp3) is 0.818. The molecule has 0 aromatic rings. The molecule has 0 aromatic heterocycles. The molecule has 3 N–H and O–H groups in total. The maximum absolute atomic E-state index is 11.6. The highest BCUT2D eigenvalue weighted by Crippen LogP contribution is 2.42. The highest BCUT2D eigenvalue weighted by molar-refractivity contribution is 8.00. The fourth-order valence-corrected chi connectivity index (χ4v) is 2.66. The van der Waals surface area contributed by atoms with E-state index in [2.05, 4.69) is 22.2 Å². The Labute approximate surface area is 106 Å². The molecule has 1 atom stereocenters. The van der Waals surface area contributed by atoms with Crippen LogP contribution in [0.1, 0.15) is 26.2 Å². The number of carbonyl (C=O) groups excluding carboxylic acids is 2. The molecular formula is C11H21N3O2S. The quantitative estimate of drug-likeness (QED) is 0.680. The zero-order valence-electron chi connectivity index (χ0n) is 10.6. The van der Waals surface area contributed by atoms with Crippen molar-refractivity contribution in [2.24, 2.45) is 0 Å². The van der Waals surface area contributed by atoms with Crippen LogP contribution < -0.4 is 16.0 Å². The van der Waals surface area contributed by atoms with Crippen LogP contribution in [-0.2, 0) is 4.79 Å². The highest BCUT2D eigenvalue weighted by atomic mass is 32.2. The maximum atomic E-state index is 11.6. The van der Waals surface area contributed by atoms with Gasteiger partial charge in [-0.25, -0.2) is 4.79 Å². The second-order valence-electron chi connectivity index (χ2n) is 4.41. The number of amides is 3. The van der Waals surface area contributed by atoms with E-state index < -0.39 is 6.03 Å². The third-order valence-electron chi connectivity index (χ3n) is 3.29. The van der Waals surface area contributed by atoms with E-state index in [1.807, 2.05) is 11.8 Å². The number of rotatable bonds is 5. The topological polar surface area (TPSA) is 70.2 Å². The van der Waals surface area contributed by atoms with Gasteiger partial charge in [-0.1, -0.05) is 6.42 Å². The largest absolute Gasteiger partial charge is 0.341 e. The van der Waals surface area contributed by atoms with Gasteiger partial charge in [0.05, 0.1) is 6.04 Å². The minimum Gasteiger partial charge on any atom is -0.341 e. The van der Waals surface area contributed by atoms with Crippen LogP contribution >= 0.6 is 11.8 Å². The van der Waals surface area contributed by atoms with Crippen LogP contribution in [0.5, 0.6) is 0 Å². The fourth-order valence-electron chi connectivity index (χ4n) is 1.74. The molecule has 0 spiro atoms. The first-order valence-electron chi connectivity index (χ1n) is 5.84. The smallest absolute Gasteiger partial charge is 0.321 e. The minimum atomic E-state index is -0.466. The molecule has 17 heavy (non-hydrogen) atoms. The molecule has 0 aliphatic heterocycles. The Bertz CT molecular complexity index is 287. The van der Waals surface area contributed by atoms with E-state index >= 15 is 0 Å². The van der Waals surface area contributed by atoms with Gasteiger partial charge in [-0.05, 0) is 26.0 Å². The van der Waals surface area contributed by atoms with Crippen LogP contribution in [0, 0.1) is 0 Å². The molecule has 0 bridgehead atoms. The molecule has 3 amide bonds. The summed E-state index contributed by atoms with van der Waals surface area (Å²) in [5, 5.41) is 7.81.